The number of amides is 1. The molecule has 0 saturated carbocycles. The molecule has 0 aliphatic carbocycles. The Kier molecular flexibility index (Phi) is 5.28. The second-order valence-electron chi connectivity index (χ2n) is 6.12. The molecular weight excluding hydrogens is 432 g/mol. The van der Waals surface area contributed by atoms with Crippen LogP contribution in [0.4, 0.5) is 5.69 Å². The number of aromatic hydroxyl groups is 1. The van der Waals surface area contributed by atoms with Gasteiger partial charge < -0.3 is 9.66 Å². The molecule has 2 aromatic carbocycles. The Hall–Kier alpha value is -2.34. The zero-order valence-electron chi connectivity index (χ0n) is 14.1. The second-order valence-corrected chi connectivity index (χ2v) is 9.52. The van der Waals surface area contributed by atoms with Gasteiger partial charge in [-0.15, -0.1) is 0 Å². The van der Waals surface area contributed by atoms with Gasteiger partial charge in [-0.3, -0.25) is 4.79 Å². The van der Waals surface area contributed by atoms with Crippen molar-refractivity contribution in [3.8, 4) is 5.75 Å². The molecule has 12 heteroatoms. The van der Waals surface area contributed by atoms with Crippen LogP contribution in [0.25, 0.3) is 0 Å². The smallest absolute Gasteiger partial charge is 0.326 e. The van der Waals surface area contributed by atoms with E-state index in [9.17, 15) is 31.3 Å². The SMILES string of the molecule is O=C1CN(c2ccc(Cc3cccc(Cl)c3CS(=O)(=O)[O-])cc2O)S(=O)(=O)N1. The van der Waals surface area contributed by atoms with Crippen molar-refractivity contribution in [1.29, 1.82) is 0 Å². The summed E-state index contributed by atoms with van der Waals surface area (Å²) in [4.78, 5) is 11.3. The van der Waals surface area contributed by atoms with Crippen LogP contribution in [0.5, 0.6) is 5.75 Å². The van der Waals surface area contributed by atoms with E-state index in [1.165, 1.54) is 24.3 Å². The molecule has 9 nitrogen and oxygen atoms in total. The fraction of sp³-hybridized carbons (Fsp3) is 0.188. The standard InChI is InChI=1S/C16H15ClN2O7S2/c17-13-3-1-2-11(12(13)9-27(22,23)24)6-10-4-5-14(15(20)7-10)19-8-16(21)18-28(19,25)26/h1-5,7,20H,6,8-9H2,(H,18,21)(H,22,23,24)/p-1. The van der Waals surface area contributed by atoms with Gasteiger partial charge in [0.1, 0.15) is 12.3 Å². The number of nitrogens with zero attached hydrogens (tertiary/aromatic N) is 1. The first-order chi connectivity index (χ1) is 13.0. The molecule has 150 valence electrons. The van der Waals surface area contributed by atoms with Crippen molar-refractivity contribution < 1.29 is 31.3 Å². The average molecular weight is 446 g/mol. The van der Waals surface area contributed by atoms with Gasteiger partial charge in [0, 0.05) is 5.02 Å². The molecule has 1 aliphatic heterocycles. The van der Waals surface area contributed by atoms with E-state index < -0.39 is 38.5 Å². The van der Waals surface area contributed by atoms with Gasteiger partial charge in [-0.25, -0.2) is 17.4 Å². The summed E-state index contributed by atoms with van der Waals surface area (Å²) < 4.78 is 59.8. The minimum Gasteiger partial charge on any atom is -0.748 e. The van der Waals surface area contributed by atoms with E-state index in [2.05, 4.69) is 0 Å². The number of phenolic OH excluding ortho intramolecular Hbond substituents is 1. The molecule has 1 amide bonds. The molecule has 2 N–H and O–H groups in total. The van der Waals surface area contributed by atoms with Gasteiger partial charge in [0.2, 0.25) is 0 Å². The third-order valence-corrected chi connectivity index (χ3v) is 6.45. The molecule has 1 saturated heterocycles. The van der Waals surface area contributed by atoms with Crippen molar-refractivity contribution in [1.82, 2.24) is 4.72 Å². The van der Waals surface area contributed by atoms with Crippen LogP contribution >= 0.6 is 11.6 Å². The van der Waals surface area contributed by atoms with Crippen LogP contribution in [0.15, 0.2) is 36.4 Å². The highest BCUT2D eigenvalue weighted by molar-refractivity contribution is 7.92. The topological polar surface area (TPSA) is 144 Å². The Morgan fingerprint density at radius 3 is 2.54 bits per heavy atom. The van der Waals surface area contributed by atoms with E-state index in [-0.39, 0.29) is 28.4 Å². The molecule has 0 spiro atoms. The number of carbonyl (C=O) groups is 1. The van der Waals surface area contributed by atoms with Crippen molar-refractivity contribution in [2.75, 3.05) is 10.8 Å². The Balaban J connectivity index is 1.93. The highest BCUT2D eigenvalue weighted by Gasteiger charge is 2.35. The first kappa shape index (κ1) is 20.4. The summed E-state index contributed by atoms with van der Waals surface area (Å²) in [7, 11) is -8.62. The van der Waals surface area contributed by atoms with Crippen LogP contribution in [-0.4, -0.2) is 38.9 Å². The molecule has 0 atom stereocenters. The lowest BCUT2D eigenvalue weighted by atomic mass is 10.00. The van der Waals surface area contributed by atoms with Crippen molar-refractivity contribution in [2.45, 2.75) is 12.2 Å². The van der Waals surface area contributed by atoms with Crippen LogP contribution in [0.2, 0.25) is 5.02 Å². The monoisotopic (exact) mass is 445 g/mol. The number of anilines is 1. The molecule has 0 bridgehead atoms. The number of hydrogen-bond donors (Lipinski definition) is 2. The largest absolute Gasteiger partial charge is 0.748 e. The van der Waals surface area contributed by atoms with E-state index in [1.54, 1.807) is 16.9 Å². The lowest BCUT2D eigenvalue weighted by Crippen LogP contribution is -2.29. The predicted octanol–water partition coefficient (Wildman–Crippen LogP) is 0.863. The molecule has 2 aromatic rings. The molecule has 1 fully saturated rings. The van der Waals surface area contributed by atoms with Crippen LogP contribution in [0.1, 0.15) is 16.7 Å². The third-order valence-electron chi connectivity index (χ3n) is 4.06. The van der Waals surface area contributed by atoms with E-state index in [1.807, 2.05) is 0 Å². The minimum atomic E-state index is -4.55. The highest BCUT2D eigenvalue weighted by Crippen LogP contribution is 2.33. The zero-order chi connectivity index (χ0) is 20.7. The van der Waals surface area contributed by atoms with E-state index in [0.29, 0.717) is 11.1 Å². The third kappa shape index (κ3) is 4.38. The van der Waals surface area contributed by atoms with Crippen molar-refractivity contribution in [3.63, 3.8) is 0 Å². The van der Waals surface area contributed by atoms with E-state index in [4.69, 9.17) is 11.6 Å². The Morgan fingerprint density at radius 1 is 1.25 bits per heavy atom. The summed E-state index contributed by atoms with van der Waals surface area (Å²) in [6.07, 6.45) is 0.142. The molecule has 1 aliphatic rings. The van der Waals surface area contributed by atoms with Crippen LogP contribution in [0.3, 0.4) is 0 Å². The lowest BCUT2D eigenvalue weighted by molar-refractivity contribution is -0.117. The first-order valence-corrected chi connectivity index (χ1v) is 11.2. The number of hydrogen-bond acceptors (Lipinski definition) is 7. The normalized spacial score (nSPS) is 16.2. The van der Waals surface area contributed by atoms with E-state index in [0.717, 1.165) is 4.31 Å². The Labute approximate surface area is 166 Å². The fourth-order valence-corrected chi connectivity index (χ4v) is 5.08. The predicted molar refractivity (Wildman–Crippen MR) is 100 cm³/mol. The zero-order valence-corrected chi connectivity index (χ0v) is 16.5. The van der Waals surface area contributed by atoms with Crippen molar-refractivity contribution in [3.05, 3.63) is 58.1 Å². The Bertz CT molecular complexity index is 1160. The number of benzene rings is 2. The maximum atomic E-state index is 11.9. The summed E-state index contributed by atoms with van der Waals surface area (Å²) in [6.45, 7) is -0.449. The van der Waals surface area contributed by atoms with Crippen LogP contribution < -0.4 is 9.03 Å². The van der Waals surface area contributed by atoms with Gasteiger partial charge in [-0.1, -0.05) is 29.8 Å². The van der Waals surface area contributed by atoms with Crippen molar-refractivity contribution >= 4 is 43.5 Å². The summed E-state index contributed by atoms with van der Waals surface area (Å²) in [5.41, 5.74) is 1.09. The number of halogens is 1. The molecule has 0 unspecified atom stereocenters. The number of nitrogens with one attached hydrogen (secondary N) is 1. The van der Waals surface area contributed by atoms with Gasteiger partial charge in [0.05, 0.1) is 21.6 Å². The number of phenols is 1. The van der Waals surface area contributed by atoms with Gasteiger partial charge in [-0.2, -0.15) is 8.42 Å². The molecule has 0 radical (unpaired) electrons. The summed E-state index contributed by atoms with van der Waals surface area (Å²) >= 11 is 6.02. The van der Waals surface area contributed by atoms with Gasteiger partial charge in [0.15, 0.2) is 0 Å². The van der Waals surface area contributed by atoms with Crippen LogP contribution in [0, 0.1) is 0 Å². The van der Waals surface area contributed by atoms with Crippen LogP contribution in [-0.2, 0) is 37.3 Å². The second kappa shape index (κ2) is 7.24. The summed E-state index contributed by atoms with van der Waals surface area (Å²) in [5.74, 6) is -1.87. The Morgan fingerprint density at radius 2 is 1.96 bits per heavy atom. The summed E-state index contributed by atoms with van der Waals surface area (Å²) in [5, 5.41) is 10.4. The molecule has 28 heavy (non-hydrogen) atoms. The molecule has 1 heterocycles. The quantitative estimate of drug-likeness (QED) is 0.649. The maximum absolute atomic E-state index is 11.9. The van der Waals surface area contributed by atoms with Gasteiger partial charge in [-0.05, 0) is 41.3 Å². The van der Waals surface area contributed by atoms with E-state index >= 15 is 0 Å². The fourth-order valence-electron chi connectivity index (χ4n) is 2.88. The molecule has 0 aromatic heterocycles. The van der Waals surface area contributed by atoms with Gasteiger partial charge in [0.25, 0.3) is 5.91 Å². The van der Waals surface area contributed by atoms with Crippen molar-refractivity contribution in [2.24, 2.45) is 0 Å². The lowest BCUT2D eigenvalue weighted by Gasteiger charge is -2.17. The molecular formula is C16H14ClN2O7S2-. The minimum absolute atomic E-state index is 0.0736. The van der Waals surface area contributed by atoms with Gasteiger partial charge >= 0.3 is 10.2 Å². The molecule has 3 rings (SSSR count). The number of rotatable bonds is 5. The first-order valence-electron chi connectivity index (χ1n) is 7.81. The highest BCUT2D eigenvalue weighted by atomic mass is 35.5. The average Bonchev–Trinajstić information content (AvgIpc) is 2.82. The summed E-state index contributed by atoms with van der Waals surface area (Å²) in [6, 6.07) is 8.81. The number of carbonyl (C=O) groups excluding carboxylic acids is 1. The maximum Gasteiger partial charge on any atom is 0.326 e.